The minimum Gasteiger partial charge on any atom is -0.493 e. The molecular weight excluding hydrogens is 359 g/mol. The number of anilines is 1. The van der Waals surface area contributed by atoms with Crippen LogP contribution in [-0.2, 0) is 4.79 Å². The Morgan fingerprint density at radius 2 is 1.86 bits per heavy atom. The van der Waals surface area contributed by atoms with Crippen LogP contribution in [0.3, 0.4) is 0 Å². The van der Waals surface area contributed by atoms with Gasteiger partial charge in [0, 0.05) is 39.6 Å². The lowest BCUT2D eigenvalue weighted by atomic mass is 10.2. The molecule has 0 bridgehead atoms. The van der Waals surface area contributed by atoms with E-state index in [1.807, 2.05) is 30.3 Å². The maximum absolute atomic E-state index is 13.9. The average molecular weight is 384 g/mol. The smallest absolute Gasteiger partial charge is 0.308 e. The first-order valence-corrected chi connectivity index (χ1v) is 9.31. The lowest BCUT2D eigenvalue weighted by Gasteiger charge is -2.35. The molecular formula is C22H25FN2O3. The van der Waals surface area contributed by atoms with Crippen molar-refractivity contribution in [3.05, 3.63) is 59.9 Å². The van der Waals surface area contributed by atoms with Crippen molar-refractivity contribution in [3.8, 4) is 11.5 Å². The fraction of sp³-hybridized carbons (Fsp3) is 0.318. The van der Waals surface area contributed by atoms with E-state index in [0.29, 0.717) is 17.2 Å². The predicted molar refractivity (Wildman–Crippen MR) is 108 cm³/mol. The Balaban J connectivity index is 1.53. The van der Waals surface area contributed by atoms with E-state index in [-0.39, 0.29) is 11.8 Å². The van der Waals surface area contributed by atoms with Gasteiger partial charge in [0.2, 0.25) is 0 Å². The Morgan fingerprint density at radius 1 is 1.11 bits per heavy atom. The molecule has 2 aromatic carbocycles. The van der Waals surface area contributed by atoms with Gasteiger partial charge in [-0.3, -0.25) is 9.69 Å². The summed E-state index contributed by atoms with van der Waals surface area (Å²) in [5.74, 6) is 0.394. The van der Waals surface area contributed by atoms with E-state index in [1.54, 1.807) is 19.2 Å². The summed E-state index contributed by atoms with van der Waals surface area (Å²) in [6.07, 6.45) is 4.11. The molecule has 0 spiro atoms. The number of hydrogen-bond donors (Lipinski definition) is 0. The van der Waals surface area contributed by atoms with Crippen LogP contribution in [0.2, 0.25) is 0 Å². The van der Waals surface area contributed by atoms with Gasteiger partial charge < -0.3 is 14.4 Å². The molecule has 1 heterocycles. The normalized spacial score (nSPS) is 15.0. The number of hydrogen-bond acceptors (Lipinski definition) is 5. The number of halogens is 1. The Kier molecular flexibility index (Phi) is 6.66. The van der Waals surface area contributed by atoms with Gasteiger partial charge in [0.15, 0.2) is 11.5 Å². The third-order valence-corrected chi connectivity index (χ3v) is 4.68. The number of ether oxygens (including phenoxy) is 2. The van der Waals surface area contributed by atoms with Gasteiger partial charge in [-0.1, -0.05) is 30.4 Å². The third kappa shape index (κ3) is 5.10. The Labute approximate surface area is 165 Å². The van der Waals surface area contributed by atoms with E-state index in [2.05, 4.69) is 15.9 Å². The fourth-order valence-corrected chi connectivity index (χ4v) is 3.24. The van der Waals surface area contributed by atoms with Gasteiger partial charge in [-0.05, 0) is 29.8 Å². The Hall–Kier alpha value is -2.86. The van der Waals surface area contributed by atoms with E-state index in [9.17, 15) is 9.18 Å². The number of nitrogens with zero attached hydrogens (tertiary/aromatic N) is 2. The summed E-state index contributed by atoms with van der Waals surface area (Å²) in [4.78, 5) is 15.5. The van der Waals surface area contributed by atoms with Crippen molar-refractivity contribution in [3.63, 3.8) is 0 Å². The van der Waals surface area contributed by atoms with Crippen LogP contribution in [0.25, 0.3) is 6.08 Å². The number of rotatable bonds is 6. The van der Waals surface area contributed by atoms with Crippen molar-refractivity contribution < 1.29 is 18.7 Å². The Morgan fingerprint density at radius 3 is 2.54 bits per heavy atom. The van der Waals surface area contributed by atoms with Crippen LogP contribution in [0.5, 0.6) is 11.5 Å². The van der Waals surface area contributed by atoms with Crippen LogP contribution in [0.15, 0.2) is 48.5 Å². The molecule has 0 aromatic heterocycles. The molecule has 0 radical (unpaired) electrons. The first-order chi connectivity index (χ1) is 13.6. The van der Waals surface area contributed by atoms with Gasteiger partial charge in [0.05, 0.1) is 12.8 Å². The highest BCUT2D eigenvalue weighted by molar-refractivity contribution is 5.71. The van der Waals surface area contributed by atoms with Crippen molar-refractivity contribution in [2.45, 2.75) is 6.92 Å². The summed E-state index contributed by atoms with van der Waals surface area (Å²) in [6.45, 7) is 5.55. The van der Waals surface area contributed by atoms with Gasteiger partial charge in [0.25, 0.3) is 0 Å². The predicted octanol–water partition coefficient (Wildman–Crippen LogP) is 3.60. The van der Waals surface area contributed by atoms with Gasteiger partial charge in [-0.2, -0.15) is 0 Å². The van der Waals surface area contributed by atoms with Crippen LogP contribution in [0.1, 0.15) is 12.5 Å². The highest BCUT2D eigenvalue weighted by atomic mass is 19.1. The molecule has 0 amide bonds. The summed E-state index contributed by atoms with van der Waals surface area (Å²) < 4.78 is 24.3. The summed E-state index contributed by atoms with van der Waals surface area (Å²) in [6, 6.07) is 12.4. The van der Waals surface area contributed by atoms with Crippen LogP contribution >= 0.6 is 0 Å². The second-order valence-electron chi connectivity index (χ2n) is 6.65. The van der Waals surface area contributed by atoms with E-state index in [4.69, 9.17) is 9.47 Å². The molecule has 5 nitrogen and oxygen atoms in total. The SMILES string of the molecule is COc1cc(/C=C\CN2CCN(c3ccccc3F)CC2)ccc1OC(C)=O. The number of esters is 1. The van der Waals surface area contributed by atoms with Gasteiger partial charge in [-0.15, -0.1) is 0 Å². The molecule has 0 aliphatic carbocycles. The molecule has 0 N–H and O–H groups in total. The topological polar surface area (TPSA) is 42.0 Å². The number of para-hydroxylation sites is 1. The zero-order valence-corrected chi connectivity index (χ0v) is 16.2. The lowest BCUT2D eigenvalue weighted by molar-refractivity contribution is -0.132. The maximum atomic E-state index is 13.9. The number of benzene rings is 2. The summed E-state index contributed by atoms with van der Waals surface area (Å²) in [7, 11) is 1.55. The van der Waals surface area contributed by atoms with Gasteiger partial charge in [0.1, 0.15) is 5.82 Å². The van der Waals surface area contributed by atoms with Gasteiger partial charge >= 0.3 is 5.97 Å². The van der Waals surface area contributed by atoms with Crippen molar-refractivity contribution in [1.82, 2.24) is 4.90 Å². The highest BCUT2D eigenvalue weighted by Gasteiger charge is 2.18. The first kappa shape index (κ1) is 19.9. The molecule has 0 unspecified atom stereocenters. The van der Waals surface area contributed by atoms with Crippen molar-refractivity contribution in [2.75, 3.05) is 44.7 Å². The molecule has 1 fully saturated rings. The Bertz CT molecular complexity index is 845. The average Bonchev–Trinajstić information content (AvgIpc) is 2.69. The largest absolute Gasteiger partial charge is 0.493 e. The zero-order chi connectivity index (χ0) is 19.9. The zero-order valence-electron chi connectivity index (χ0n) is 16.2. The quantitative estimate of drug-likeness (QED) is 0.562. The van der Waals surface area contributed by atoms with Crippen LogP contribution in [-0.4, -0.2) is 50.7 Å². The maximum Gasteiger partial charge on any atom is 0.308 e. The fourth-order valence-electron chi connectivity index (χ4n) is 3.24. The second-order valence-corrected chi connectivity index (χ2v) is 6.65. The van der Waals surface area contributed by atoms with E-state index >= 15 is 0 Å². The number of piperazine rings is 1. The molecule has 1 saturated heterocycles. The molecule has 2 aromatic rings. The van der Waals surface area contributed by atoms with Crippen LogP contribution < -0.4 is 14.4 Å². The number of methoxy groups -OCH3 is 1. The monoisotopic (exact) mass is 384 g/mol. The standard InChI is InChI=1S/C22H25FN2O3/c1-17(26)28-21-10-9-18(16-22(21)27-2)6-5-11-24-12-14-25(15-13-24)20-8-4-3-7-19(20)23/h3-10,16H,11-15H2,1-2H3/b6-5-. The minimum absolute atomic E-state index is 0.165. The number of carbonyl (C=O) groups is 1. The molecule has 28 heavy (non-hydrogen) atoms. The second kappa shape index (κ2) is 9.37. The molecule has 148 valence electrons. The molecule has 1 aliphatic heterocycles. The van der Waals surface area contributed by atoms with Crippen LogP contribution in [0, 0.1) is 5.82 Å². The van der Waals surface area contributed by atoms with E-state index in [1.165, 1.54) is 13.0 Å². The first-order valence-electron chi connectivity index (χ1n) is 9.31. The number of carbonyl (C=O) groups excluding carboxylic acids is 1. The molecule has 1 aliphatic rings. The summed E-state index contributed by atoms with van der Waals surface area (Å²) in [5, 5.41) is 0. The highest BCUT2D eigenvalue weighted by Crippen LogP contribution is 2.28. The van der Waals surface area contributed by atoms with Crippen LogP contribution in [0.4, 0.5) is 10.1 Å². The van der Waals surface area contributed by atoms with E-state index < -0.39 is 0 Å². The van der Waals surface area contributed by atoms with Crippen molar-refractivity contribution in [2.24, 2.45) is 0 Å². The summed E-state index contributed by atoms with van der Waals surface area (Å²) >= 11 is 0. The summed E-state index contributed by atoms with van der Waals surface area (Å²) in [5.41, 5.74) is 1.65. The van der Waals surface area contributed by atoms with Crippen molar-refractivity contribution >= 4 is 17.7 Å². The molecule has 0 saturated carbocycles. The molecule has 0 atom stereocenters. The van der Waals surface area contributed by atoms with Crippen molar-refractivity contribution in [1.29, 1.82) is 0 Å². The lowest BCUT2D eigenvalue weighted by Crippen LogP contribution is -2.46. The minimum atomic E-state index is -0.379. The molecule has 6 heteroatoms. The molecule has 3 rings (SSSR count). The van der Waals surface area contributed by atoms with Gasteiger partial charge in [-0.25, -0.2) is 4.39 Å². The van der Waals surface area contributed by atoms with E-state index in [0.717, 1.165) is 38.3 Å². The third-order valence-electron chi connectivity index (χ3n) is 4.68.